The molecule has 1 aromatic heterocycles. The quantitative estimate of drug-likeness (QED) is 0.593. The number of esters is 1. The van der Waals surface area contributed by atoms with E-state index in [0.717, 1.165) is 0 Å². The highest BCUT2D eigenvalue weighted by atomic mass is 16.5. The van der Waals surface area contributed by atoms with Crippen molar-refractivity contribution in [3.8, 4) is 23.2 Å². The number of ether oxygens (including phenoxy) is 2. The lowest BCUT2D eigenvalue weighted by molar-refractivity contribution is -0.141. The maximum Gasteiger partial charge on any atom is 0.332 e. The summed E-state index contributed by atoms with van der Waals surface area (Å²) in [5, 5.41) is 13.4. The number of rotatable bonds is 6. The van der Waals surface area contributed by atoms with E-state index >= 15 is 0 Å². The van der Waals surface area contributed by atoms with Crippen molar-refractivity contribution in [3.63, 3.8) is 0 Å². The number of hydrogen-bond acceptors (Lipinski definition) is 6. The number of nitriles is 1. The maximum absolute atomic E-state index is 11.5. The van der Waals surface area contributed by atoms with Crippen LogP contribution in [0, 0.1) is 11.3 Å². The van der Waals surface area contributed by atoms with Crippen molar-refractivity contribution in [2.75, 3.05) is 0 Å². The number of hydrogen-bond donors (Lipinski definition) is 0. The minimum atomic E-state index is -0.453. The molecule has 0 amide bonds. The summed E-state index contributed by atoms with van der Waals surface area (Å²) in [5.41, 5.74) is 1.12. The summed E-state index contributed by atoms with van der Waals surface area (Å²) in [6.45, 7) is 7.37. The van der Waals surface area contributed by atoms with Crippen LogP contribution in [-0.4, -0.2) is 32.9 Å². The molecule has 0 aliphatic rings. The van der Waals surface area contributed by atoms with Crippen LogP contribution in [0.4, 0.5) is 0 Å². The fourth-order valence-corrected chi connectivity index (χ4v) is 2.02. The van der Waals surface area contributed by atoms with E-state index < -0.39 is 5.97 Å². The van der Waals surface area contributed by atoms with Gasteiger partial charge >= 0.3 is 5.97 Å². The van der Waals surface area contributed by atoms with Gasteiger partial charge in [-0.1, -0.05) is 0 Å². The smallest absolute Gasteiger partial charge is 0.332 e. The molecule has 7 nitrogen and oxygen atoms in total. The van der Waals surface area contributed by atoms with Crippen LogP contribution in [0.25, 0.3) is 17.6 Å². The first-order chi connectivity index (χ1) is 11.9. The molecule has 130 valence electrons. The summed E-state index contributed by atoms with van der Waals surface area (Å²) in [5.74, 6) is 0.551. The molecule has 0 aliphatic carbocycles. The molecule has 2 aromatic rings. The van der Waals surface area contributed by atoms with Crippen LogP contribution in [0.1, 0.15) is 33.3 Å². The lowest BCUT2D eigenvalue weighted by atomic mass is 10.1. The van der Waals surface area contributed by atoms with Gasteiger partial charge in [0.25, 0.3) is 0 Å². The fraction of sp³-hybridized carbons (Fsp3) is 0.333. The van der Waals surface area contributed by atoms with Gasteiger partial charge in [-0.2, -0.15) is 5.26 Å². The van der Waals surface area contributed by atoms with Gasteiger partial charge in [-0.3, -0.25) is 0 Å². The van der Waals surface area contributed by atoms with E-state index in [9.17, 15) is 10.1 Å². The monoisotopic (exact) mass is 340 g/mol. The molecule has 0 unspecified atom stereocenters. The first-order valence-corrected chi connectivity index (χ1v) is 7.89. The average Bonchev–Trinajstić information content (AvgIpc) is 3.00. The average molecular weight is 340 g/mol. The van der Waals surface area contributed by atoms with Gasteiger partial charge in [0.2, 0.25) is 0 Å². The van der Waals surface area contributed by atoms with Crippen molar-refractivity contribution in [1.82, 2.24) is 14.8 Å². The third-order valence-electron chi connectivity index (χ3n) is 2.89. The third kappa shape index (κ3) is 5.46. The molecule has 0 N–H and O–H groups in total. The van der Waals surface area contributed by atoms with Gasteiger partial charge in [0.05, 0.1) is 23.8 Å². The summed E-state index contributed by atoms with van der Waals surface area (Å²) in [7, 11) is 0. The molecule has 0 saturated heterocycles. The van der Waals surface area contributed by atoms with Gasteiger partial charge in [-0.05, 0) is 45.9 Å². The zero-order valence-corrected chi connectivity index (χ0v) is 14.6. The van der Waals surface area contributed by atoms with Crippen molar-refractivity contribution >= 4 is 12.2 Å². The minimum absolute atomic E-state index is 0.0118. The Balaban J connectivity index is 2.23. The van der Waals surface area contributed by atoms with Crippen LogP contribution in [0.2, 0.25) is 0 Å². The zero-order chi connectivity index (χ0) is 18.4. The molecule has 0 aliphatic heterocycles. The number of carbonyl (C=O) groups is 1. The molecule has 0 spiro atoms. The van der Waals surface area contributed by atoms with E-state index in [-0.39, 0.29) is 12.2 Å². The van der Waals surface area contributed by atoms with Crippen LogP contribution in [0.5, 0.6) is 5.75 Å². The number of carbonyl (C=O) groups excluding carboxylic acids is 1. The summed E-state index contributed by atoms with van der Waals surface area (Å²) in [6.07, 6.45) is 4.01. The Labute approximate surface area is 146 Å². The second-order valence-corrected chi connectivity index (χ2v) is 5.87. The van der Waals surface area contributed by atoms with Gasteiger partial charge in [-0.25, -0.2) is 14.5 Å². The highest BCUT2D eigenvalue weighted by molar-refractivity contribution is 5.85. The van der Waals surface area contributed by atoms with Crippen molar-refractivity contribution < 1.29 is 14.3 Å². The lowest BCUT2D eigenvalue weighted by Crippen LogP contribution is -2.08. The molecule has 1 heterocycles. The molecule has 25 heavy (non-hydrogen) atoms. The maximum atomic E-state index is 11.5. The van der Waals surface area contributed by atoms with Crippen LogP contribution in [-0.2, 0) is 9.53 Å². The lowest BCUT2D eigenvalue weighted by Gasteiger charge is -2.10. The van der Waals surface area contributed by atoms with Gasteiger partial charge in [-0.15, -0.1) is 5.10 Å². The van der Waals surface area contributed by atoms with E-state index in [0.29, 0.717) is 22.7 Å². The fourth-order valence-electron chi connectivity index (χ4n) is 2.02. The number of aromatic nitrogens is 3. The predicted octanol–water partition coefficient (Wildman–Crippen LogP) is 3.03. The first kappa shape index (κ1) is 18.2. The Morgan fingerprint density at radius 3 is 2.64 bits per heavy atom. The number of benzene rings is 1. The van der Waals surface area contributed by atoms with E-state index in [1.165, 1.54) is 23.3 Å². The van der Waals surface area contributed by atoms with Crippen LogP contribution in [0.15, 0.2) is 30.6 Å². The van der Waals surface area contributed by atoms with Crippen LogP contribution >= 0.6 is 0 Å². The van der Waals surface area contributed by atoms with E-state index in [1.54, 1.807) is 32.0 Å². The molecule has 0 fully saturated rings. The molecule has 1 aromatic carbocycles. The van der Waals surface area contributed by atoms with Gasteiger partial charge in [0, 0.05) is 17.8 Å². The highest BCUT2D eigenvalue weighted by Gasteiger charge is 2.09. The molecule has 2 rings (SSSR count). The topological polar surface area (TPSA) is 90.0 Å². The second-order valence-electron chi connectivity index (χ2n) is 5.87. The van der Waals surface area contributed by atoms with Crippen molar-refractivity contribution in [1.29, 1.82) is 5.26 Å². The van der Waals surface area contributed by atoms with E-state index in [1.807, 2.05) is 13.8 Å². The Kier molecular flexibility index (Phi) is 5.90. The standard InChI is InChI=1S/C18H20N4O3/c1-12(2)24-16-8-14(10-19)7-15(9-16)18-20-11-22(21-18)6-5-17(23)25-13(3)4/h5-9,11-13H,1-4H3/b6-5-. The van der Waals surface area contributed by atoms with Gasteiger partial charge < -0.3 is 9.47 Å². The van der Waals surface area contributed by atoms with E-state index in [2.05, 4.69) is 16.2 Å². The molecule has 0 saturated carbocycles. The Bertz CT molecular complexity index is 816. The normalized spacial score (nSPS) is 11.1. The van der Waals surface area contributed by atoms with Crippen molar-refractivity contribution in [2.24, 2.45) is 0 Å². The highest BCUT2D eigenvalue weighted by Crippen LogP contribution is 2.24. The largest absolute Gasteiger partial charge is 0.491 e. The molecule has 0 bridgehead atoms. The number of nitrogens with zero attached hydrogens (tertiary/aromatic N) is 4. The molecular formula is C18H20N4O3. The molecular weight excluding hydrogens is 320 g/mol. The minimum Gasteiger partial charge on any atom is -0.491 e. The summed E-state index contributed by atoms with van der Waals surface area (Å²) >= 11 is 0. The van der Waals surface area contributed by atoms with Gasteiger partial charge in [0.15, 0.2) is 5.82 Å². The predicted molar refractivity (Wildman–Crippen MR) is 92.5 cm³/mol. The molecule has 0 radical (unpaired) electrons. The summed E-state index contributed by atoms with van der Waals surface area (Å²) in [4.78, 5) is 15.7. The van der Waals surface area contributed by atoms with Crippen LogP contribution < -0.4 is 4.74 Å². The zero-order valence-electron chi connectivity index (χ0n) is 14.6. The molecule has 0 atom stereocenters. The van der Waals surface area contributed by atoms with Crippen molar-refractivity contribution in [3.05, 3.63) is 36.2 Å². The first-order valence-electron chi connectivity index (χ1n) is 7.89. The van der Waals surface area contributed by atoms with Crippen LogP contribution in [0.3, 0.4) is 0 Å². The molecule has 7 heteroatoms. The summed E-state index contributed by atoms with van der Waals surface area (Å²) < 4.78 is 12.1. The summed E-state index contributed by atoms with van der Waals surface area (Å²) in [6, 6.07) is 7.23. The Morgan fingerprint density at radius 2 is 2.00 bits per heavy atom. The second kappa shape index (κ2) is 8.11. The third-order valence-corrected chi connectivity index (χ3v) is 2.89. The SMILES string of the molecule is CC(C)OC(=O)/C=C\n1cnc(-c2cc(C#N)cc(OC(C)C)c2)n1. The van der Waals surface area contributed by atoms with E-state index in [4.69, 9.17) is 9.47 Å². The van der Waals surface area contributed by atoms with Gasteiger partial charge in [0.1, 0.15) is 12.1 Å². The Hall–Kier alpha value is -3.14. The Morgan fingerprint density at radius 1 is 1.24 bits per heavy atom. The van der Waals surface area contributed by atoms with Crippen molar-refractivity contribution in [2.45, 2.75) is 39.9 Å².